The Kier molecular flexibility index (Phi) is 4.83. The lowest BCUT2D eigenvalue weighted by molar-refractivity contribution is -0.119. The molecule has 130 valence electrons. The Bertz CT molecular complexity index is 779. The molecule has 0 aliphatic carbocycles. The zero-order chi connectivity index (χ0) is 17.8. The molecule has 0 spiro atoms. The molecule has 1 aliphatic rings. The van der Waals surface area contributed by atoms with E-state index in [0.717, 1.165) is 11.1 Å². The van der Waals surface area contributed by atoms with E-state index in [1.54, 1.807) is 25.6 Å². The van der Waals surface area contributed by atoms with Gasteiger partial charge in [0.15, 0.2) is 0 Å². The van der Waals surface area contributed by atoms with Crippen molar-refractivity contribution in [1.82, 2.24) is 10.3 Å². The predicted octanol–water partition coefficient (Wildman–Crippen LogP) is 2.22. The third-order valence-corrected chi connectivity index (χ3v) is 3.92. The van der Waals surface area contributed by atoms with Crippen molar-refractivity contribution in [3.63, 3.8) is 0 Å². The maximum Gasteiger partial charge on any atom is 0.414 e. The molecule has 25 heavy (non-hydrogen) atoms. The Morgan fingerprint density at radius 3 is 2.96 bits per heavy atom. The molecule has 1 N–H and O–H groups in total. The molecule has 2 amide bonds. The molecule has 2 heterocycles. The van der Waals surface area contributed by atoms with Crippen molar-refractivity contribution in [3.05, 3.63) is 42.7 Å². The SMILES string of the molecule is COc1cc(N2CC(CNC(C)=O)OC2=O)ccc1-c1cccnc1. The molecule has 1 atom stereocenters. The maximum atomic E-state index is 12.1. The summed E-state index contributed by atoms with van der Waals surface area (Å²) in [4.78, 5) is 28.8. The van der Waals surface area contributed by atoms with E-state index >= 15 is 0 Å². The molecule has 3 rings (SSSR count). The Morgan fingerprint density at radius 1 is 1.44 bits per heavy atom. The van der Waals surface area contributed by atoms with E-state index in [9.17, 15) is 9.59 Å². The van der Waals surface area contributed by atoms with Crippen LogP contribution in [0.25, 0.3) is 11.1 Å². The number of nitrogens with zero attached hydrogens (tertiary/aromatic N) is 2. The van der Waals surface area contributed by atoms with Crippen LogP contribution in [0.4, 0.5) is 10.5 Å². The number of methoxy groups -OCH3 is 1. The lowest BCUT2D eigenvalue weighted by Gasteiger charge is -2.16. The summed E-state index contributed by atoms with van der Waals surface area (Å²) in [5, 5.41) is 2.66. The zero-order valence-corrected chi connectivity index (χ0v) is 14.1. The molecule has 0 radical (unpaired) electrons. The average Bonchev–Trinajstić information content (AvgIpc) is 3.01. The Morgan fingerprint density at radius 2 is 2.28 bits per heavy atom. The standard InChI is InChI=1S/C18H19N3O4/c1-12(22)20-10-15-11-21(18(23)25-15)14-5-6-16(17(8-14)24-2)13-4-3-7-19-9-13/h3-9,15H,10-11H2,1-2H3,(H,20,22). The number of aromatic nitrogens is 1. The van der Waals surface area contributed by atoms with Crippen LogP contribution in [0, 0.1) is 0 Å². The van der Waals surface area contributed by atoms with Gasteiger partial charge in [0.05, 0.1) is 25.9 Å². The number of ether oxygens (including phenoxy) is 2. The van der Waals surface area contributed by atoms with Crippen molar-refractivity contribution in [3.8, 4) is 16.9 Å². The highest BCUT2D eigenvalue weighted by molar-refractivity contribution is 5.91. The van der Waals surface area contributed by atoms with Gasteiger partial charge >= 0.3 is 6.09 Å². The number of anilines is 1. The van der Waals surface area contributed by atoms with Crippen LogP contribution in [0.2, 0.25) is 0 Å². The summed E-state index contributed by atoms with van der Waals surface area (Å²) in [5.74, 6) is 0.487. The van der Waals surface area contributed by atoms with Crippen molar-refractivity contribution in [2.45, 2.75) is 13.0 Å². The molecule has 2 aromatic rings. The van der Waals surface area contributed by atoms with Crippen LogP contribution in [0.3, 0.4) is 0 Å². The number of hydrogen-bond acceptors (Lipinski definition) is 5. The fourth-order valence-corrected chi connectivity index (χ4v) is 2.70. The molecule has 1 aromatic heterocycles. The number of benzene rings is 1. The number of pyridine rings is 1. The van der Waals surface area contributed by atoms with Gasteiger partial charge in [-0.2, -0.15) is 0 Å². The lowest BCUT2D eigenvalue weighted by Crippen LogP contribution is -2.33. The summed E-state index contributed by atoms with van der Waals surface area (Å²) in [7, 11) is 1.58. The Hall–Kier alpha value is -3.09. The first kappa shape index (κ1) is 16.8. The van der Waals surface area contributed by atoms with Crippen LogP contribution < -0.4 is 15.0 Å². The van der Waals surface area contributed by atoms with Crippen molar-refractivity contribution in [1.29, 1.82) is 0 Å². The van der Waals surface area contributed by atoms with Crippen molar-refractivity contribution in [2.75, 3.05) is 25.1 Å². The van der Waals surface area contributed by atoms with Gasteiger partial charge in [0.2, 0.25) is 5.91 Å². The van der Waals surface area contributed by atoms with Crippen molar-refractivity contribution >= 4 is 17.7 Å². The summed E-state index contributed by atoms with van der Waals surface area (Å²) in [6, 6.07) is 9.32. The van der Waals surface area contributed by atoms with E-state index in [1.807, 2.05) is 24.3 Å². The minimum Gasteiger partial charge on any atom is -0.496 e. The minimum absolute atomic E-state index is 0.156. The summed E-state index contributed by atoms with van der Waals surface area (Å²) in [5.41, 5.74) is 2.50. The first-order valence-electron chi connectivity index (χ1n) is 7.89. The second kappa shape index (κ2) is 7.21. The van der Waals surface area contributed by atoms with Gasteiger partial charge in [-0.15, -0.1) is 0 Å². The van der Waals surface area contributed by atoms with E-state index in [0.29, 0.717) is 24.5 Å². The number of nitrogens with one attached hydrogen (secondary N) is 1. The van der Waals surface area contributed by atoms with Crippen LogP contribution in [0.15, 0.2) is 42.7 Å². The van der Waals surface area contributed by atoms with Gasteiger partial charge in [-0.05, 0) is 18.2 Å². The fourth-order valence-electron chi connectivity index (χ4n) is 2.70. The van der Waals surface area contributed by atoms with Gasteiger partial charge in [-0.3, -0.25) is 14.7 Å². The van der Waals surface area contributed by atoms with Crippen LogP contribution in [-0.4, -0.2) is 43.3 Å². The molecule has 1 aromatic carbocycles. The summed E-state index contributed by atoms with van der Waals surface area (Å²) in [6.07, 6.45) is 2.65. The number of amides is 2. The third kappa shape index (κ3) is 3.71. The molecule has 7 heteroatoms. The lowest BCUT2D eigenvalue weighted by atomic mass is 10.1. The van der Waals surface area contributed by atoms with Gasteiger partial charge in [0, 0.05) is 36.5 Å². The second-order valence-electron chi connectivity index (χ2n) is 5.68. The molecular formula is C18H19N3O4. The maximum absolute atomic E-state index is 12.1. The molecule has 1 aliphatic heterocycles. The summed E-state index contributed by atoms with van der Waals surface area (Å²) < 4.78 is 10.8. The molecule has 0 bridgehead atoms. The summed E-state index contributed by atoms with van der Waals surface area (Å²) in [6.45, 7) is 2.09. The monoisotopic (exact) mass is 341 g/mol. The molecule has 1 unspecified atom stereocenters. The van der Waals surface area contributed by atoms with E-state index in [4.69, 9.17) is 9.47 Å². The minimum atomic E-state index is -0.438. The highest BCUT2D eigenvalue weighted by atomic mass is 16.6. The molecule has 7 nitrogen and oxygen atoms in total. The van der Waals surface area contributed by atoms with Gasteiger partial charge in [-0.1, -0.05) is 6.07 Å². The number of hydrogen-bond donors (Lipinski definition) is 1. The first-order chi connectivity index (χ1) is 12.1. The van der Waals surface area contributed by atoms with Crippen LogP contribution in [0.1, 0.15) is 6.92 Å². The highest BCUT2D eigenvalue weighted by Crippen LogP contribution is 2.34. The largest absolute Gasteiger partial charge is 0.496 e. The van der Waals surface area contributed by atoms with Crippen LogP contribution in [0.5, 0.6) is 5.75 Å². The van der Waals surface area contributed by atoms with E-state index in [1.165, 1.54) is 11.8 Å². The van der Waals surface area contributed by atoms with Gasteiger partial charge in [0.1, 0.15) is 11.9 Å². The van der Waals surface area contributed by atoms with E-state index in [2.05, 4.69) is 10.3 Å². The van der Waals surface area contributed by atoms with Gasteiger partial charge < -0.3 is 14.8 Å². The van der Waals surface area contributed by atoms with Gasteiger partial charge in [-0.25, -0.2) is 4.79 Å². The predicted molar refractivity (Wildman–Crippen MR) is 92.5 cm³/mol. The average molecular weight is 341 g/mol. The van der Waals surface area contributed by atoms with Gasteiger partial charge in [0.25, 0.3) is 0 Å². The van der Waals surface area contributed by atoms with Crippen LogP contribution >= 0.6 is 0 Å². The van der Waals surface area contributed by atoms with Crippen molar-refractivity contribution < 1.29 is 19.1 Å². The smallest absolute Gasteiger partial charge is 0.414 e. The number of carbonyl (C=O) groups excluding carboxylic acids is 2. The number of rotatable bonds is 5. The molecule has 1 fully saturated rings. The Balaban J connectivity index is 1.81. The van der Waals surface area contributed by atoms with Crippen LogP contribution in [-0.2, 0) is 9.53 Å². The quantitative estimate of drug-likeness (QED) is 0.902. The summed E-state index contributed by atoms with van der Waals surface area (Å²) >= 11 is 0. The second-order valence-corrected chi connectivity index (χ2v) is 5.68. The number of carbonyl (C=O) groups is 2. The van der Waals surface area contributed by atoms with Crippen molar-refractivity contribution in [2.24, 2.45) is 0 Å². The fraction of sp³-hybridized carbons (Fsp3) is 0.278. The Labute approximate surface area is 145 Å². The normalized spacial score (nSPS) is 16.5. The molecule has 0 saturated carbocycles. The highest BCUT2D eigenvalue weighted by Gasteiger charge is 2.32. The molecule has 1 saturated heterocycles. The third-order valence-electron chi connectivity index (χ3n) is 3.92. The van der Waals surface area contributed by atoms with E-state index < -0.39 is 6.09 Å². The zero-order valence-electron chi connectivity index (χ0n) is 14.1. The topological polar surface area (TPSA) is 80.8 Å². The molecular weight excluding hydrogens is 322 g/mol. The first-order valence-corrected chi connectivity index (χ1v) is 7.89. The number of cyclic esters (lactones) is 1. The van der Waals surface area contributed by atoms with E-state index in [-0.39, 0.29) is 12.0 Å².